The zero-order valence-electron chi connectivity index (χ0n) is 34.3. The van der Waals surface area contributed by atoms with Crippen LogP contribution in [-0.4, -0.2) is 103 Å². The summed E-state index contributed by atoms with van der Waals surface area (Å²) in [7, 11) is -0.00602. The van der Waals surface area contributed by atoms with Crippen LogP contribution in [0.1, 0.15) is 126 Å². The summed E-state index contributed by atoms with van der Waals surface area (Å²) in [4.78, 5) is 0. The molecule has 0 aliphatic carbocycles. The van der Waals surface area contributed by atoms with Gasteiger partial charge in [-0.25, -0.2) is 0 Å². The number of aliphatic hydroxyl groups excluding tert-OH is 1. The molecule has 11 atom stereocenters. The van der Waals surface area contributed by atoms with E-state index in [1.807, 2.05) is 19.9 Å². The van der Waals surface area contributed by atoms with Crippen molar-refractivity contribution in [1.29, 1.82) is 0 Å². The number of rotatable bonds is 14. The molecule has 0 saturated carbocycles. The molecular formula is C41H74O8S2Si. The molecule has 5 saturated heterocycles. The van der Waals surface area contributed by atoms with E-state index in [4.69, 9.17) is 32.8 Å². The molecule has 0 bridgehead atoms. The molecule has 1 N–H and O–H groups in total. The molecule has 5 aliphatic rings. The Balaban J connectivity index is 1.20. The molecule has 11 heteroatoms. The van der Waals surface area contributed by atoms with Crippen LogP contribution in [0, 0.1) is 11.8 Å². The van der Waals surface area contributed by atoms with Crippen molar-refractivity contribution in [3.8, 4) is 0 Å². The second-order valence-electron chi connectivity index (χ2n) is 18.6. The van der Waals surface area contributed by atoms with Crippen LogP contribution in [0.25, 0.3) is 0 Å². The van der Waals surface area contributed by atoms with E-state index < -0.39 is 26.0 Å². The molecule has 0 aromatic carbocycles. The Bertz CT molecular complexity index is 1140. The smallest absolute Gasteiger partial charge is 0.191 e. The predicted octanol–water partition coefficient (Wildman–Crippen LogP) is 9.48. The van der Waals surface area contributed by atoms with Crippen LogP contribution in [0.5, 0.6) is 0 Å². The summed E-state index contributed by atoms with van der Waals surface area (Å²) in [6.45, 7) is 24.7. The second-order valence-corrected chi connectivity index (χ2v) is 26.6. The van der Waals surface area contributed by atoms with Gasteiger partial charge in [0, 0.05) is 32.5 Å². The molecule has 5 heterocycles. The average Bonchev–Trinajstić information content (AvgIpc) is 3.41. The minimum Gasteiger partial charge on any atom is -0.417 e. The summed E-state index contributed by atoms with van der Waals surface area (Å²) >= 11 is 4.11. The Kier molecular flexibility index (Phi) is 14.9. The van der Waals surface area contributed by atoms with E-state index in [0.29, 0.717) is 12.3 Å². The summed E-state index contributed by atoms with van der Waals surface area (Å²) in [6, 6.07) is 0. The molecule has 52 heavy (non-hydrogen) atoms. The van der Waals surface area contributed by atoms with Gasteiger partial charge in [-0.05, 0) is 114 Å². The van der Waals surface area contributed by atoms with Gasteiger partial charge in [0.25, 0.3) is 0 Å². The predicted molar refractivity (Wildman–Crippen MR) is 216 cm³/mol. The van der Waals surface area contributed by atoms with Crippen LogP contribution in [0.3, 0.4) is 0 Å². The number of thioether (sulfide) groups is 2. The first kappa shape index (κ1) is 43.5. The van der Waals surface area contributed by atoms with E-state index in [1.165, 1.54) is 12.8 Å². The minimum absolute atomic E-state index is 0.0426. The van der Waals surface area contributed by atoms with Gasteiger partial charge in [0.2, 0.25) is 0 Å². The van der Waals surface area contributed by atoms with Crippen molar-refractivity contribution in [1.82, 2.24) is 0 Å². The lowest BCUT2D eigenvalue weighted by Crippen LogP contribution is -2.59. The topological polar surface area (TPSA) is 84.8 Å². The van der Waals surface area contributed by atoms with E-state index >= 15 is 0 Å². The largest absolute Gasteiger partial charge is 0.417 e. The molecule has 5 rings (SSSR count). The maximum atomic E-state index is 11.9. The van der Waals surface area contributed by atoms with Gasteiger partial charge < -0.3 is 38.0 Å². The first-order valence-corrected chi connectivity index (χ1v) is 25.4. The third-order valence-electron chi connectivity index (χ3n) is 12.9. The van der Waals surface area contributed by atoms with Crippen molar-refractivity contribution in [2.24, 2.45) is 11.8 Å². The lowest BCUT2D eigenvalue weighted by Gasteiger charge is -2.51. The van der Waals surface area contributed by atoms with Crippen molar-refractivity contribution < 1.29 is 38.0 Å². The number of hydrogen-bond acceptors (Lipinski definition) is 10. The van der Waals surface area contributed by atoms with Crippen molar-refractivity contribution in [2.75, 3.05) is 25.2 Å². The van der Waals surface area contributed by atoms with Gasteiger partial charge in [-0.3, -0.25) is 0 Å². The van der Waals surface area contributed by atoms with Crippen molar-refractivity contribution in [3.63, 3.8) is 0 Å². The maximum Gasteiger partial charge on any atom is 0.191 e. The minimum atomic E-state index is -1.77. The lowest BCUT2D eigenvalue weighted by atomic mass is 9.83. The van der Waals surface area contributed by atoms with Crippen LogP contribution in [0.2, 0.25) is 18.1 Å². The van der Waals surface area contributed by atoms with Gasteiger partial charge in [-0.1, -0.05) is 40.7 Å². The highest BCUT2D eigenvalue weighted by molar-refractivity contribution is 8.18. The molecule has 0 amide bonds. The highest BCUT2D eigenvalue weighted by Crippen LogP contribution is 2.52. The fourth-order valence-electron chi connectivity index (χ4n) is 8.69. The Morgan fingerprint density at radius 3 is 2.33 bits per heavy atom. The summed E-state index contributed by atoms with van der Waals surface area (Å²) < 4.78 is 46.2. The van der Waals surface area contributed by atoms with E-state index in [-0.39, 0.29) is 57.8 Å². The Morgan fingerprint density at radius 1 is 0.962 bits per heavy atom. The quantitative estimate of drug-likeness (QED) is 0.136. The Morgan fingerprint density at radius 2 is 1.65 bits per heavy atom. The zero-order chi connectivity index (χ0) is 38.0. The molecule has 302 valence electrons. The van der Waals surface area contributed by atoms with Crippen molar-refractivity contribution in [2.45, 2.75) is 208 Å². The molecule has 5 fully saturated rings. The van der Waals surface area contributed by atoms with Crippen molar-refractivity contribution in [3.05, 3.63) is 12.7 Å². The standard InChI is InChI=1S/C41H74O8S2Si/c1-12-28(2)35-37(48-39(7,8)47-35)36-33(43-9)18-21-40(49-36)20-17-29(3)34(46-40)25-30(42)26-41(50-23-14-24-51-41)27-32-16-13-15-31(45-32)19-22-44-52(10,11)38(4,5)6/h12,28-37,42H,1,13-27H2,2-11H3/t28-,29-,30+,31+,32-,33-,34+,35-,36-,37-,40-/m0/s1. The zero-order valence-corrected chi connectivity index (χ0v) is 36.9. The SMILES string of the molecule is C=C[C@H](C)[C@@H]1OC(C)(C)O[C@@H]1[C@H]1O[C@]2(CC[C@@H]1OC)CC[C@H](C)[C@@H](C[C@@H](O)CC1(C[C@@H]3CCC[C@H](CCO[Si](C)(C)C(C)(C)C)O3)SCCCS1)O2. The van der Waals surface area contributed by atoms with Gasteiger partial charge >= 0.3 is 0 Å². The van der Waals surface area contributed by atoms with Gasteiger partial charge in [0.05, 0.1) is 40.7 Å². The molecular weight excluding hydrogens is 713 g/mol. The molecule has 1 spiro atoms. The fourth-order valence-corrected chi connectivity index (χ4v) is 13.3. The number of methoxy groups -OCH3 is 1. The first-order valence-electron chi connectivity index (χ1n) is 20.5. The monoisotopic (exact) mass is 786 g/mol. The summed E-state index contributed by atoms with van der Waals surface area (Å²) in [5, 5.41) is 12.1. The second kappa shape index (κ2) is 17.9. The van der Waals surface area contributed by atoms with Crippen LogP contribution < -0.4 is 0 Å². The average molecular weight is 787 g/mol. The van der Waals surface area contributed by atoms with E-state index in [0.717, 1.165) is 75.9 Å². The normalized spacial score (nSPS) is 38.2. The summed E-state index contributed by atoms with van der Waals surface area (Å²) in [5.41, 5.74) is 0. The summed E-state index contributed by atoms with van der Waals surface area (Å²) in [6.07, 6.45) is 12.3. The van der Waals surface area contributed by atoms with Gasteiger partial charge in [0.15, 0.2) is 19.9 Å². The van der Waals surface area contributed by atoms with Crippen LogP contribution in [-0.2, 0) is 32.8 Å². The summed E-state index contributed by atoms with van der Waals surface area (Å²) in [5.74, 6) is 1.26. The molecule has 0 aromatic rings. The number of aliphatic hydroxyl groups is 1. The Labute approximate surface area is 326 Å². The third-order valence-corrected chi connectivity index (χ3v) is 20.9. The lowest BCUT2D eigenvalue weighted by molar-refractivity contribution is -0.352. The molecule has 0 radical (unpaired) electrons. The van der Waals surface area contributed by atoms with Gasteiger partial charge in [-0.15, -0.1) is 30.1 Å². The molecule has 5 aliphatic heterocycles. The molecule has 8 nitrogen and oxygen atoms in total. The van der Waals surface area contributed by atoms with E-state index in [9.17, 15) is 5.11 Å². The van der Waals surface area contributed by atoms with E-state index in [2.05, 4.69) is 77.8 Å². The highest BCUT2D eigenvalue weighted by Gasteiger charge is 2.56. The third kappa shape index (κ3) is 10.8. The van der Waals surface area contributed by atoms with Crippen molar-refractivity contribution >= 4 is 31.8 Å². The van der Waals surface area contributed by atoms with Crippen LogP contribution in [0.4, 0.5) is 0 Å². The van der Waals surface area contributed by atoms with Gasteiger partial charge in [0.1, 0.15) is 12.2 Å². The molecule has 0 aromatic heterocycles. The number of ether oxygens (including phenoxy) is 6. The molecule has 0 unspecified atom stereocenters. The van der Waals surface area contributed by atoms with Crippen LogP contribution >= 0.6 is 23.5 Å². The first-order chi connectivity index (χ1) is 24.4. The van der Waals surface area contributed by atoms with E-state index in [1.54, 1.807) is 7.11 Å². The maximum absolute atomic E-state index is 11.9. The Hall–Kier alpha value is 0.337. The highest BCUT2D eigenvalue weighted by atomic mass is 32.2. The number of hydrogen-bond donors (Lipinski definition) is 1. The van der Waals surface area contributed by atoms with Crippen LogP contribution in [0.15, 0.2) is 12.7 Å². The van der Waals surface area contributed by atoms with Gasteiger partial charge in [-0.2, -0.15) is 0 Å². The fraction of sp³-hybridized carbons (Fsp3) is 0.951.